The van der Waals surface area contributed by atoms with Gasteiger partial charge >= 0.3 is 0 Å². The van der Waals surface area contributed by atoms with Crippen molar-refractivity contribution in [3.8, 4) is 0 Å². The average Bonchev–Trinajstić information content (AvgIpc) is 2.89. The van der Waals surface area contributed by atoms with E-state index in [4.69, 9.17) is 0 Å². The van der Waals surface area contributed by atoms with Crippen LogP contribution in [0.2, 0.25) is 0 Å². The van der Waals surface area contributed by atoms with Crippen LogP contribution in [0, 0.1) is 0 Å². The maximum Gasteiger partial charge on any atom is 0.209 e. The smallest absolute Gasteiger partial charge is 0.209 e. The predicted octanol–water partition coefficient (Wildman–Crippen LogP) is 2.48. The van der Waals surface area contributed by atoms with E-state index in [0.717, 1.165) is 12.8 Å². The van der Waals surface area contributed by atoms with Crippen LogP contribution < -0.4 is 5.32 Å². The summed E-state index contributed by atoms with van der Waals surface area (Å²) in [5.41, 5.74) is 1.50. The van der Waals surface area contributed by atoms with Gasteiger partial charge in [-0.2, -0.15) is 0 Å². The number of hydrogen-bond acceptors (Lipinski definition) is 3. The molecule has 0 radical (unpaired) electrons. The van der Waals surface area contributed by atoms with Gasteiger partial charge in [-0.15, -0.1) is 0 Å². The maximum absolute atomic E-state index is 12.3. The topological polar surface area (TPSA) is 46.2 Å². The molecule has 2 aliphatic rings. The van der Waals surface area contributed by atoms with Gasteiger partial charge in [-0.05, 0) is 12.8 Å². The van der Waals surface area contributed by atoms with Crippen LogP contribution in [0.5, 0.6) is 0 Å². The summed E-state index contributed by atoms with van der Waals surface area (Å²) >= 11 is 0. The molecule has 1 aromatic carbocycles. The van der Waals surface area contributed by atoms with E-state index in [2.05, 4.69) is 5.32 Å². The van der Waals surface area contributed by atoms with E-state index in [9.17, 15) is 9.59 Å². The van der Waals surface area contributed by atoms with E-state index in [0.29, 0.717) is 22.9 Å². The minimum atomic E-state index is -0.0781. The van der Waals surface area contributed by atoms with Gasteiger partial charge in [-0.3, -0.25) is 9.59 Å². The second-order valence-corrected chi connectivity index (χ2v) is 4.92. The second kappa shape index (κ2) is 4.41. The molecule has 0 aliphatic heterocycles. The molecular weight excluding hydrogens is 226 g/mol. The first kappa shape index (κ1) is 11.2. The van der Waals surface area contributed by atoms with Crippen molar-refractivity contribution in [1.82, 2.24) is 5.32 Å². The van der Waals surface area contributed by atoms with Crippen molar-refractivity contribution in [2.24, 2.45) is 0 Å². The lowest BCUT2D eigenvalue weighted by Crippen LogP contribution is -2.32. The van der Waals surface area contributed by atoms with Crippen LogP contribution in [0.4, 0.5) is 0 Å². The zero-order valence-electron chi connectivity index (χ0n) is 10.1. The summed E-state index contributed by atoms with van der Waals surface area (Å²) < 4.78 is 0. The molecule has 0 amide bonds. The summed E-state index contributed by atoms with van der Waals surface area (Å²) in [4.78, 5) is 24.2. The molecule has 92 valence electrons. The number of Topliss-reactive ketones (excluding diaryl/α,β-unsaturated/α-hetero) is 1. The van der Waals surface area contributed by atoms with Crippen molar-refractivity contribution in [3.05, 3.63) is 47.2 Å². The fourth-order valence-corrected chi connectivity index (χ4v) is 2.71. The molecule has 0 aromatic heterocycles. The molecule has 1 N–H and O–H groups in total. The molecule has 2 aliphatic carbocycles. The summed E-state index contributed by atoms with van der Waals surface area (Å²) in [6, 6.07) is 7.35. The molecule has 0 unspecified atom stereocenters. The van der Waals surface area contributed by atoms with Crippen molar-refractivity contribution in [2.75, 3.05) is 0 Å². The van der Waals surface area contributed by atoms with Crippen LogP contribution >= 0.6 is 0 Å². The molecule has 3 heteroatoms. The van der Waals surface area contributed by atoms with Crippen LogP contribution in [0.3, 0.4) is 0 Å². The Balaban J connectivity index is 1.89. The number of ketones is 2. The maximum atomic E-state index is 12.3. The highest BCUT2D eigenvalue weighted by molar-refractivity contribution is 6.24. The summed E-state index contributed by atoms with van der Waals surface area (Å²) in [7, 11) is 0. The number of carbonyl (C=O) groups is 2. The molecule has 0 heterocycles. The lowest BCUT2D eigenvalue weighted by molar-refractivity contribution is 0.0976. The summed E-state index contributed by atoms with van der Waals surface area (Å²) in [6.45, 7) is 0. The Labute approximate surface area is 106 Å². The van der Waals surface area contributed by atoms with Gasteiger partial charge in [0.25, 0.3) is 0 Å². The Bertz CT molecular complexity index is 539. The molecule has 0 spiro atoms. The number of nitrogens with one attached hydrogen (secondary N) is 1. The standard InChI is InChI=1S/C15H15NO2/c17-14-9-13(16-10-5-1-2-6-10)15(18)12-8-4-3-7-11(12)14/h3-4,7-10,16H,1-2,5-6H2. The lowest BCUT2D eigenvalue weighted by Gasteiger charge is -2.19. The van der Waals surface area contributed by atoms with Crippen molar-refractivity contribution in [3.63, 3.8) is 0 Å². The van der Waals surface area contributed by atoms with Gasteiger partial charge in [-0.1, -0.05) is 37.1 Å². The van der Waals surface area contributed by atoms with Gasteiger partial charge in [0.1, 0.15) is 0 Å². The fourth-order valence-electron chi connectivity index (χ4n) is 2.71. The third-order valence-electron chi connectivity index (χ3n) is 3.67. The fraction of sp³-hybridized carbons (Fsp3) is 0.333. The number of hydrogen-bond donors (Lipinski definition) is 1. The van der Waals surface area contributed by atoms with E-state index in [-0.39, 0.29) is 11.6 Å². The summed E-state index contributed by atoms with van der Waals surface area (Å²) in [6.07, 6.45) is 6.01. The molecule has 0 bridgehead atoms. The van der Waals surface area contributed by atoms with Crippen LogP contribution in [-0.2, 0) is 0 Å². The van der Waals surface area contributed by atoms with Crippen LogP contribution in [0.1, 0.15) is 46.4 Å². The van der Waals surface area contributed by atoms with Gasteiger partial charge in [0.15, 0.2) is 5.78 Å². The highest BCUT2D eigenvalue weighted by Gasteiger charge is 2.27. The van der Waals surface area contributed by atoms with E-state index in [1.165, 1.54) is 18.9 Å². The number of rotatable bonds is 2. The van der Waals surface area contributed by atoms with E-state index < -0.39 is 0 Å². The first-order chi connectivity index (χ1) is 8.75. The molecule has 3 rings (SSSR count). The van der Waals surface area contributed by atoms with Crippen LogP contribution in [-0.4, -0.2) is 17.6 Å². The Kier molecular flexibility index (Phi) is 2.74. The molecule has 1 saturated carbocycles. The SMILES string of the molecule is O=C1C=C(NC2CCCC2)C(=O)c2ccccc21. The molecule has 3 nitrogen and oxygen atoms in total. The predicted molar refractivity (Wildman–Crippen MR) is 68.6 cm³/mol. The Morgan fingerprint density at radius 2 is 1.67 bits per heavy atom. The van der Waals surface area contributed by atoms with Gasteiger partial charge in [0, 0.05) is 23.2 Å². The quantitative estimate of drug-likeness (QED) is 0.865. The van der Waals surface area contributed by atoms with Gasteiger partial charge in [-0.25, -0.2) is 0 Å². The van der Waals surface area contributed by atoms with Gasteiger partial charge in [0.05, 0.1) is 5.70 Å². The Morgan fingerprint density at radius 3 is 2.39 bits per heavy atom. The molecule has 1 aromatic rings. The Hall–Kier alpha value is -1.90. The highest BCUT2D eigenvalue weighted by atomic mass is 16.1. The minimum absolute atomic E-state index is 0.0582. The normalized spacial score (nSPS) is 19.7. The third-order valence-corrected chi connectivity index (χ3v) is 3.67. The monoisotopic (exact) mass is 241 g/mol. The molecule has 0 saturated heterocycles. The minimum Gasteiger partial charge on any atom is -0.379 e. The van der Waals surface area contributed by atoms with Crippen molar-refractivity contribution in [1.29, 1.82) is 0 Å². The molecule has 1 fully saturated rings. The first-order valence-electron chi connectivity index (χ1n) is 6.42. The highest BCUT2D eigenvalue weighted by Crippen LogP contribution is 2.23. The third kappa shape index (κ3) is 1.86. The number of allylic oxidation sites excluding steroid dienone is 2. The van der Waals surface area contributed by atoms with Gasteiger partial charge in [0.2, 0.25) is 5.78 Å². The summed E-state index contributed by atoms with van der Waals surface area (Å²) in [5.74, 6) is -0.136. The number of fused-ring (bicyclic) bond motifs is 1. The van der Waals surface area contributed by atoms with Gasteiger partial charge < -0.3 is 5.32 Å². The van der Waals surface area contributed by atoms with E-state index in [1.54, 1.807) is 24.3 Å². The number of carbonyl (C=O) groups excluding carboxylic acids is 2. The van der Waals surface area contributed by atoms with E-state index in [1.807, 2.05) is 0 Å². The van der Waals surface area contributed by atoms with E-state index >= 15 is 0 Å². The molecule has 18 heavy (non-hydrogen) atoms. The van der Waals surface area contributed by atoms with Crippen molar-refractivity contribution < 1.29 is 9.59 Å². The zero-order valence-corrected chi connectivity index (χ0v) is 10.1. The zero-order chi connectivity index (χ0) is 12.5. The van der Waals surface area contributed by atoms with Crippen LogP contribution in [0.15, 0.2) is 36.0 Å². The molecular formula is C15H15NO2. The first-order valence-corrected chi connectivity index (χ1v) is 6.42. The average molecular weight is 241 g/mol. The largest absolute Gasteiger partial charge is 0.379 e. The van der Waals surface area contributed by atoms with Crippen LogP contribution in [0.25, 0.3) is 0 Å². The number of benzene rings is 1. The lowest BCUT2D eigenvalue weighted by atomic mass is 9.92. The second-order valence-electron chi connectivity index (χ2n) is 4.92. The van der Waals surface area contributed by atoms with Crippen molar-refractivity contribution >= 4 is 11.6 Å². The van der Waals surface area contributed by atoms with Crippen molar-refractivity contribution in [2.45, 2.75) is 31.7 Å². The summed E-state index contributed by atoms with van der Waals surface area (Å²) in [5, 5.41) is 3.23. The Morgan fingerprint density at radius 1 is 1.00 bits per heavy atom. The molecule has 0 atom stereocenters.